The summed E-state index contributed by atoms with van der Waals surface area (Å²) in [5, 5.41) is 5.05. The maximum atomic E-state index is 13.2. The number of hydrogen-bond acceptors (Lipinski definition) is 6. The highest BCUT2D eigenvalue weighted by Crippen LogP contribution is 2.35. The smallest absolute Gasteiger partial charge is 0.383 e. The molecule has 3 aromatic rings. The van der Waals surface area contributed by atoms with Gasteiger partial charge >= 0.3 is 6.18 Å². The number of nitrogen functional groups attached to an aromatic ring is 1. The van der Waals surface area contributed by atoms with Crippen LogP contribution < -0.4 is 5.73 Å². The Labute approximate surface area is 207 Å². The summed E-state index contributed by atoms with van der Waals surface area (Å²) in [5.74, 6) is 0.178. The Balaban J connectivity index is 1.34. The van der Waals surface area contributed by atoms with E-state index >= 15 is 0 Å². The molecule has 1 amide bonds. The molecule has 0 aliphatic carbocycles. The van der Waals surface area contributed by atoms with Crippen molar-refractivity contribution >= 4 is 22.8 Å². The molecule has 0 unspecified atom stereocenters. The number of nitrogens with zero attached hydrogens (tertiary/aromatic N) is 6. The SMILES string of the molecule is C=CC(=O)N1CCN(CCCCCCn2nc(-c3cccc(C(F)(F)F)c3)c3c(N)ncnc32)CC1. The van der Waals surface area contributed by atoms with Crippen LogP contribution in [0.4, 0.5) is 19.0 Å². The zero-order valence-electron chi connectivity index (χ0n) is 20.0. The summed E-state index contributed by atoms with van der Waals surface area (Å²) in [6.07, 6.45) is 2.19. The van der Waals surface area contributed by atoms with E-state index in [1.807, 2.05) is 4.90 Å². The quantitative estimate of drug-likeness (QED) is 0.352. The van der Waals surface area contributed by atoms with Crippen molar-refractivity contribution in [3.63, 3.8) is 0 Å². The highest BCUT2D eigenvalue weighted by molar-refractivity contribution is 5.98. The van der Waals surface area contributed by atoms with Gasteiger partial charge in [0.25, 0.3) is 0 Å². The summed E-state index contributed by atoms with van der Waals surface area (Å²) in [5.41, 5.74) is 6.52. The zero-order chi connectivity index (χ0) is 25.7. The van der Waals surface area contributed by atoms with Crippen LogP contribution in [0.15, 0.2) is 43.2 Å². The van der Waals surface area contributed by atoms with Gasteiger partial charge in [-0.3, -0.25) is 9.69 Å². The van der Waals surface area contributed by atoms with Crippen LogP contribution in [0.1, 0.15) is 31.2 Å². The van der Waals surface area contributed by atoms with Crippen LogP contribution in [0.5, 0.6) is 0 Å². The summed E-state index contributed by atoms with van der Waals surface area (Å²) in [7, 11) is 0. The summed E-state index contributed by atoms with van der Waals surface area (Å²) in [6.45, 7) is 8.32. The fraction of sp³-hybridized carbons (Fsp3) is 0.440. The van der Waals surface area contributed by atoms with Gasteiger partial charge in [0.05, 0.1) is 10.9 Å². The first-order chi connectivity index (χ1) is 17.3. The van der Waals surface area contributed by atoms with E-state index in [2.05, 4.69) is 26.5 Å². The lowest BCUT2D eigenvalue weighted by molar-refractivity contribution is -0.137. The number of piperazine rings is 1. The third kappa shape index (κ3) is 5.84. The molecule has 2 N–H and O–H groups in total. The summed E-state index contributed by atoms with van der Waals surface area (Å²) < 4.78 is 41.4. The Morgan fingerprint density at radius 2 is 1.78 bits per heavy atom. The minimum Gasteiger partial charge on any atom is -0.383 e. The number of unbranched alkanes of at least 4 members (excludes halogenated alkanes) is 3. The van der Waals surface area contributed by atoms with Crippen LogP contribution in [0.2, 0.25) is 0 Å². The van der Waals surface area contributed by atoms with Crippen molar-refractivity contribution in [1.82, 2.24) is 29.5 Å². The van der Waals surface area contributed by atoms with E-state index in [4.69, 9.17) is 5.73 Å². The number of nitrogens with two attached hydrogens (primary N) is 1. The number of rotatable bonds is 9. The Bertz CT molecular complexity index is 1220. The van der Waals surface area contributed by atoms with E-state index in [9.17, 15) is 18.0 Å². The fourth-order valence-corrected chi connectivity index (χ4v) is 4.50. The minimum atomic E-state index is -4.45. The van der Waals surface area contributed by atoms with E-state index in [1.54, 1.807) is 10.7 Å². The second-order valence-electron chi connectivity index (χ2n) is 8.89. The van der Waals surface area contributed by atoms with Gasteiger partial charge in [0, 0.05) is 38.3 Å². The molecular formula is C25H30F3N7O. The molecule has 0 saturated carbocycles. The van der Waals surface area contributed by atoms with Gasteiger partial charge in [-0.05, 0) is 37.6 Å². The predicted octanol–water partition coefficient (Wildman–Crippen LogP) is 3.98. The average Bonchev–Trinajstić information content (AvgIpc) is 3.25. The number of fused-ring (bicyclic) bond motifs is 1. The number of anilines is 1. The molecule has 3 heterocycles. The number of hydrogen-bond donors (Lipinski definition) is 1. The average molecular weight is 502 g/mol. The van der Waals surface area contributed by atoms with Crippen molar-refractivity contribution in [3.05, 3.63) is 48.8 Å². The number of halogens is 3. The van der Waals surface area contributed by atoms with Crippen LogP contribution in [-0.2, 0) is 17.5 Å². The monoisotopic (exact) mass is 501 g/mol. The first kappa shape index (κ1) is 25.6. The van der Waals surface area contributed by atoms with E-state index in [1.165, 1.54) is 18.5 Å². The van der Waals surface area contributed by atoms with E-state index in [-0.39, 0.29) is 11.7 Å². The molecule has 0 atom stereocenters. The number of aromatic nitrogens is 4. The van der Waals surface area contributed by atoms with Crippen LogP contribution in [0, 0.1) is 0 Å². The lowest BCUT2D eigenvalue weighted by atomic mass is 10.1. The minimum absolute atomic E-state index is 0.0102. The van der Waals surface area contributed by atoms with E-state index in [0.29, 0.717) is 28.8 Å². The molecular weight excluding hydrogens is 471 g/mol. The van der Waals surface area contributed by atoms with Crippen molar-refractivity contribution < 1.29 is 18.0 Å². The molecule has 1 aromatic carbocycles. The number of aryl methyl sites for hydroxylation is 1. The standard InChI is InChI=1S/C25H30F3N7O/c1-2-20(36)34-14-12-33(13-15-34)10-5-3-4-6-11-35-24-21(23(29)30-17-31-24)22(32-35)18-8-7-9-19(16-18)25(26,27)28/h2,7-9,16-17H,1,3-6,10-15H2,(H2,29,30,31). The zero-order valence-corrected chi connectivity index (χ0v) is 20.0. The first-order valence-corrected chi connectivity index (χ1v) is 12.1. The Morgan fingerprint density at radius 1 is 1.06 bits per heavy atom. The Morgan fingerprint density at radius 3 is 2.47 bits per heavy atom. The number of amides is 1. The van der Waals surface area contributed by atoms with E-state index < -0.39 is 11.7 Å². The van der Waals surface area contributed by atoms with E-state index in [0.717, 1.165) is 70.5 Å². The van der Waals surface area contributed by atoms with Crippen LogP contribution in [0.25, 0.3) is 22.3 Å². The van der Waals surface area contributed by atoms with Crippen molar-refractivity contribution in [2.45, 2.75) is 38.4 Å². The van der Waals surface area contributed by atoms with Crippen LogP contribution in [0.3, 0.4) is 0 Å². The van der Waals surface area contributed by atoms with Crippen molar-refractivity contribution in [3.8, 4) is 11.3 Å². The lowest BCUT2D eigenvalue weighted by Crippen LogP contribution is -2.48. The van der Waals surface area contributed by atoms with Crippen molar-refractivity contribution in [2.75, 3.05) is 38.5 Å². The molecule has 0 spiro atoms. The lowest BCUT2D eigenvalue weighted by Gasteiger charge is -2.34. The Kier molecular flexibility index (Phi) is 7.88. The third-order valence-electron chi connectivity index (χ3n) is 6.47. The maximum absolute atomic E-state index is 13.2. The van der Waals surface area contributed by atoms with Gasteiger partial charge in [0.2, 0.25) is 5.91 Å². The van der Waals surface area contributed by atoms with Crippen LogP contribution in [-0.4, -0.2) is 68.2 Å². The summed E-state index contributed by atoms with van der Waals surface area (Å²) in [6, 6.07) is 5.05. The molecule has 1 aliphatic heterocycles. The van der Waals surface area contributed by atoms with Gasteiger partial charge < -0.3 is 10.6 Å². The first-order valence-electron chi connectivity index (χ1n) is 12.1. The predicted molar refractivity (Wildman–Crippen MR) is 132 cm³/mol. The van der Waals surface area contributed by atoms with Gasteiger partial charge in [-0.25, -0.2) is 14.6 Å². The van der Waals surface area contributed by atoms with Gasteiger partial charge in [-0.15, -0.1) is 0 Å². The number of benzene rings is 1. The molecule has 4 rings (SSSR count). The van der Waals surface area contributed by atoms with Crippen molar-refractivity contribution in [1.29, 1.82) is 0 Å². The third-order valence-corrected chi connectivity index (χ3v) is 6.47. The maximum Gasteiger partial charge on any atom is 0.416 e. The molecule has 8 nitrogen and oxygen atoms in total. The van der Waals surface area contributed by atoms with Gasteiger partial charge in [-0.2, -0.15) is 18.3 Å². The highest BCUT2D eigenvalue weighted by atomic mass is 19.4. The molecule has 1 aliphatic rings. The molecule has 36 heavy (non-hydrogen) atoms. The fourth-order valence-electron chi connectivity index (χ4n) is 4.50. The molecule has 0 radical (unpaired) electrons. The second-order valence-corrected chi connectivity index (χ2v) is 8.89. The summed E-state index contributed by atoms with van der Waals surface area (Å²) >= 11 is 0. The largest absolute Gasteiger partial charge is 0.416 e. The second kappa shape index (κ2) is 11.1. The number of alkyl halides is 3. The molecule has 1 fully saturated rings. The summed E-state index contributed by atoms with van der Waals surface area (Å²) in [4.78, 5) is 24.2. The van der Waals surface area contributed by atoms with Crippen LogP contribution >= 0.6 is 0 Å². The highest BCUT2D eigenvalue weighted by Gasteiger charge is 2.31. The van der Waals surface area contributed by atoms with Gasteiger partial charge in [-0.1, -0.05) is 31.6 Å². The van der Waals surface area contributed by atoms with Crippen molar-refractivity contribution in [2.24, 2.45) is 0 Å². The molecule has 2 aromatic heterocycles. The number of carbonyl (C=O) groups excluding carboxylic acids is 1. The molecule has 0 bridgehead atoms. The normalized spacial score (nSPS) is 14.9. The van der Waals surface area contributed by atoms with Gasteiger partial charge in [0.1, 0.15) is 17.8 Å². The molecule has 192 valence electrons. The van der Waals surface area contributed by atoms with Gasteiger partial charge in [0.15, 0.2) is 5.65 Å². The molecule has 1 saturated heterocycles. The number of carbonyl (C=O) groups is 1. The molecule has 11 heteroatoms. The Hall–Kier alpha value is -3.47. The topological polar surface area (TPSA) is 93.2 Å².